The van der Waals surface area contributed by atoms with E-state index in [1.807, 2.05) is 6.07 Å². The van der Waals surface area contributed by atoms with E-state index in [-0.39, 0.29) is 5.41 Å². The highest BCUT2D eigenvalue weighted by Gasteiger charge is 2.31. The molecule has 0 aromatic heterocycles. The van der Waals surface area contributed by atoms with Crippen molar-refractivity contribution < 1.29 is 4.74 Å². The second-order valence-corrected chi connectivity index (χ2v) is 7.45. The Morgan fingerprint density at radius 2 is 1.73 bits per heavy atom. The molecule has 0 bridgehead atoms. The average molecular weight is 359 g/mol. The van der Waals surface area contributed by atoms with Gasteiger partial charge in [-0.25, -0.2) is 0 Å². The molecule has 3 rings (SSSR count). The molecule has 0 radical (unpaired) electrons. The predicted molar refractivity (Wildman–Crippen MR) is 95.4 cm³/mol. The number of benzene rings is 2. The van der Waals surface area contributed by atoms with E-state index < -0.39 is 0 Å². The Morgan fingerprint density at radius 1 is 1.00 bits per heavy atom. The fourth-order valence-electron chi connectivity index (χ4n) is 3.44. The van der Waals surface area contributed by atoms with Crippen LogP contribution in [0.2, 0.25) is 0 Å². The summed E-state index contributed by atoms with van der Waals surface area (Å²) in [6.45, 7) is 3.02. The molecule has 1 nitrogen and oxygen atoms in total. The van der Waals surface area contributed by atoms with Crippen molar-refractivity contribution >= 4 is 15.9 Å². The Bertz CT molecular complexity index is 615. The Labute approximate surface area is 141 Å². The van der Waals surface area contributed by atoms with Gasteiger partial charge in [0.15, 0.2) is 0 Å². The molecule has 1 saturated carbocycles. The molecule has 0 N–H and O–H groups in total. The second kappa shape index (κ2) is 6.87. The van der Waals surface area contributed by atoms with E-state index in [2.05, 4.69) is 65.3 Å². The van der Waals surface area contributed by atoms with Crippen LogP contribution < -0.4 is 4.74 Å². The lowest BCUT2D eigenvalue weighted by Crippen LogP contribution is -2.25. The lowest BCUT2D eigenvalue weighted by atomic mass is 9.71. The molecule has 2 heteroatoms. The zero-order chi connectivity index (χ0) is 15.4. The number of rotatable bonds is 4. The third-order valence-corrected chi connectivity index (χ3v) is 5.28. The molecule has 2 aromatic rings. The fourth-order valence-corrected chi connectivity index (χ4v) is 3.80. The largest absolute Gasteiger partial charge is 0.489 e. The third-order valence-electron chi connectivity index (χ3n) is 4.79. The molecule has 116 valence electrons. The van der Waals surface area contributed by atoms with E-state index in [0.717, 1.165) is 10.2 Å². The molecular weight excluding hydrogens is 336 g/mol. The van der Waals surface area contributed by atoms with Crippen LogP contribution in [0.15, 0.2) is 53.0 Å². The van der Waals surface area contributed by atoms with Crippen molar-refractivity contribution in [1.29, 1.82) is 0 Å². The molecule has 2 aromatic carbocycles. The predicted octanol–water partition coefficient (Wildman–Crippen LogP) is 6.25. The van der Waals surface area contributed by atoms with Crippen molar-refractivity contribution in [1.82, 2.24) is 0 Å². The first-order chi connectivity index (χ1) is 10.7. The lowest BCUT2D eigenvalue weighted by molar-refractivity contribution is 0.272. The highest BCUT2D eigenvalue weighted by molar-refractivity contribution is 9.10. The molecule has 0 saturated heterocycles. The highest BCUT2D eigenvalue weighted by Crippen LogP contribution is 2.44. The minimum Gasteiger partial charge on any atom is -0.489 e. The summed E-state index contributed by atoms with van der Waals surface area (Å²) in [5.74, 6) is 1.04. The molecule has 0 amide bonds. The Balaban J connectivity index is 1.84. The Hall–Kier alpha value is -1.28. The maximum Gasteiger partial charge on any atom is 0.123 e. The second-order valence-electron chi connectivity index (χ2n) is 6.54. The first-order valence-corrected chi connectivity index (χ1v) is 8.93. The third kappa shape index (κ3) is 3.55. The quantitative estimate of drug-likeness (QED) is 0.627. The fraction of sp³-hybridized carbons (Fsp3) is 0.400. The van der Waals surface area contributed by atoms with Crippen LogP contribution in [0.1, 0.15) is 50.2 Å². The molecule has 0 atom stereocenters. The molecule has 0 aliphatic heterocycles. The van der Waals surface area contributed by atoms with Crippen LogP contribution in [0.4, 0.5) is 0 Å². The average Bonchev–Trinajstić information content (AvgIpc) is 2.55. The summed E-state index contributed by atoms with van der Waals surface area (Å²) in [6.07, 6.45) is 6.52. The zero-order valence-corrected chi connectivity index (χ0v) is 14.7. The van der Waals surface area contributed by atoms with E-state index in [4.69, 9.17) is 4.74 Å². The molecule has 0 heterocycles. The summed E-state index contributed by atoms with van der Waals surface area (Å²) in [5, 5.41) is 0. The van der Waals surface area contributed by atoms with Crippen molar-refractivity contribution in [2.24, 2.45) is 0 Å². The molecule has 1 fully saturated rings. The smallest absolute Gasteiger partial charge is 0.123 e. The maximum absolute atomic E-state index is 6.18. The van der Waals surface area contributed by atoms with Gasteiger partial charge in [-0.2, -0.15) is 0 Å². The van der Waals surface area contributed by atoms with Crippen LogP contribution in [0.5, 0.6) is 5.75 Å². The molecule has 22 heavy (non-hydrogen) atoms. The van der Waals surface area contributed by atoms with Crippen molar-refractivity contribution in [2.75, 3.05) is 0 Å². The highest BCUT2D eigenvalue weighted by atomic mass is 79.9. The minimum absolute atomic E-state index is 0.244. The van der Waals surface area contributed by atoms with E-state index in [1.54, 1.807) is 0 Å². The number of halogens is 1. The summed E-state index contributed by atoms with van der Waals surface area (Å²) in [7, 11) is 0. The van der Waals surface area contributed by atoms with Crippen molar-refractivity contribution in [3.8, 4) is 5.75 Å². The molecule has 0 unspecified atom stereocenters. The van der Waals surface area contributed by atoms with Gasteiger partial charge in [-0.1, -0.05) is 72.4 Å². The van der Waals surface area contributed by atoms with Gasteiger partial charge in [0.25, 0.3) is 0 Å². The van der Waals surface area contributed by atoms with Crippen molar-refractivity contribution in [2.45, 2.75) is 51.0 Å². The van der Waals surface area contributed by atoms with Crippen LogP contribution >= 0.6 is 15.9 Å². The number of ether oxygens (including phenoxy) is 1. The zero-order valence-electron chi connectivity index (χ0n) is 13.1. The SMILES string of the molecule is CC1(c2cc(Br)ccc2OCc2ccccc2)CCCCC1. The summed E-state index contributed by atoms with van der Waals surface area (Å²) in [4.78, 5) is 0. The van der Waals surface area contributed by atoms with Gasteiger partial charge >= 0.3 is 0 Å². The first kappa shape index (κ1) is 15.6. The van der Waals surface area contributed by atoms with Crippen molar-refractivity contribution in [3.05, 3.63) is 64.1 Å². The van der Waals surface area contributed by atoms with E-state index in [9.17, 15) is 0 Å². The van der Waals surface area contributed by atoms with Crippen LogP contribution in [0.25, 0.3) is 0 Å². The number of hydrogen-bond donors (Lipinski definition) is 0. The van der Waals surface area contributed by atoms with E-state index >= 15 is 0 Å². The van der Waals surface area contributed by atoms with Gasteiger partial charge in [0, 0.05) is 10.0 Å². The van der Waals surface area contributed by atoms with Gasteiger partial charge in [0.05, 0.1) is 0 Å². The van der Waals surface area contributed by atoms with Gasteiger partial charge < -0.3 is 4.74 Å². The van der Waals surface area contributed by atoms with Crippen molar-refractivity contribution in [3.63, 3.8) is 0 Å². The molecule has 0 spiro atoms. The van der Waals surface area contributed by atoms with E-state index in [1.165, 1.54) is 43.2 Å². The minimum atomic E-state index is 0.244. The summed E-state index contributed by atoms with van der Waals surface area (Å²) in [5.41, 5.74) is 2.82. The summed E-state index contributed by atoms with van der Waals surface area (Å²) in [6, 6.07) is 16.8. The van der Waals surface area contributed by atoms with Gasteiger partial charge in [0.1, 0.15) is 12.4 Å². The first-order valence-electron chi connectivity index (χ1n) is 8.14. The van der Waals surface area contributed by atoms with Gasteiger partial charge in [-0.15, -0.1) is 0 Å². The summed E-state index contributed by atoms with van der Waals surface area (Å²) < 4.78 is 7.32. The van der Waals surface area contributed by atoms with Crippen LogP contribution in [-0.2, 0) is 12.0 Å². The van der Waals surface area contributed by atoms with Gasteiger partial charge in [-0.05, 0) is 42.0 Å². The maximum atomic E-state index is 6.18. The number of hydrogen-bond acceptors (Lipinski definition) is 1. The Morgan fingerprint density at radius 3 is 2.45 bits per heavy atom. The molecule has 1 aliphatic rings. The van der Waals surface area contributed by atoms with Crippen LogP contribution in [0.3, 0.4) is 0 Å². The topological polar surface area (TPSA) is 9.23 Å². The Kier molecular flexibility index (Phi) is 4.87. The summed E-state index contributed by atoms with van der Waals surface area (Å²) >= 11 is 3.63. The normalized spacial score (nSPS) is 17.2. The van der Waals surface area contributed by atoms with Gasteiger partial charge in [-0.3, -0.25) is 0 Å². The lowest BCUT2D eigenvalue weighted by Gasteiger charge is -2.35. The van der Waals surface area contributed by atoms with Crippen LogP contribution in [-0.4, -0.2) is 0 Å². The van der Waals surface area contributed by atoms with E-state index in [0.29, 0.717) is 6.61 Å². The van der Waals surface area contributed by atoms with Gasteiger partial charge in [0.2, 0.25) is 0 Å². The standard InChI is InChI=1S/C20H23BrO/c1-20(12-6-3-7-13-20)18-14-17(21)10-11-19(18)22-15-16-8-4-2-5-9-16/h2,4-5,8-11,14H,3,6-7,12-13,15H2,1H3. The van der Waals surface area contributed by atoms with Crippen LogP contribution in [0, 0.1) is 0 Å². The molecular formula is C20H23BrO. The monoisotopic (exact) mass is 358 g/mol. The molecule has 1 aliphatic carbocycles.